The van der Waals surface area contributed by atoms with Gasteiger partial charge in [0.05, 0.1) is 25.0 Å². The van der Waals surface area contributed by atoms with Crippen LogP contribution in [-0.4, -0.2) is 46.2 Å². The first kappa shape index (κ1) is 24.3. The molecule has 3 heterocycles. The molecule has 1 aliphatic heterocycles. The third-order valence-electron chi connectivity index (χ3n) is 6.77. The van der Waals surface area contributed by atoms with Crippen LogP contribution in [0.1, 0.15) is 42.2 Å². The highest BCUT2D eigenvalue weighted by Gasteiger charge is 2.37. The molecule has 2 unspecified atom stereocenters. The third-order valence-corrected chi connectivity index (χ3v) is 6.77. The SMILES string of the molecule is CCC(c1ccccc1)N1CCNC(c2cnn3c(C(F)(F)F)cc(-c4ccc(OC)cc4)nc23)C1. The van der Waals surface area contributed by atoms with E-state index in [9.17, 15) is 13.2 Å². The first-order valence-corrected chi connectivity index (χ1v) is 12.0. The number of hydrogen-bond donors (Lipinski definition) is 1. The first-order chi connectivity index (χ1) is 17.4. The molecular weight excluding hydrogens is 467 g/mol. The summed E-state index contributed by atoms with van der Waals surface area (Å²) in [6, 6.07) is 18.2. The van der Waals surface area contributed by atoms with Crippen molar-refractivity contribution < 1.29 is 17.9 Å². The van der Waals surface area contributed by atoms with Crippen LogP contribution in [0.3, 0.4) is 0 Å². The van der Waals surface area contributed by atoms with E-state index >= 15 is 0 Å². The molecule has 0 amide bonds. The summed E-state index contributed by atoms with van der Waals surface area (Å²) in [4.78, 5) is 7.05. The molecule has 2 aromatic heterocycles. The number of halogens is 3. The van der Waals surface area contributed by atoms with Crippen LogP contribution < -0.4 is 10.1 Å². The van der Waals surface area contributed by atoms with Crippen molar-refractivity contribution >= 4 is 5.65 Å². The number of hydrogen-bond acceptors (Lipinski definition) is 5. The summed E-state index contributed by atoms with van der Waals surface area (Å²) < 4.78 is 48.3. The zero-order valence-corrected chi connectivity index (χ0v) is 20.2. The van der Waals surface area contributed by atoms with Crippen LogP contribution in [0.4, 0.5) is 13.2 Å². The molecule has 2 atom stereocenters. The Morgan fingerprint density at radius 3 is 2.53 bits per heavy atom. The zero-order chi connectivity index (χ0) is 25.3. The van der Waals surface area contributed by atoms with Crippen molar-refractivity contribution in [2.45, 2.75) is 31.6 Å². The van der Waals surface area contributed by atoms with E-state index in [2.05, 4.69) is 39.4 Å². The van der Waals surface area contributed by atoms with Crippen molar-refractivity contribution in [3.8, 4) is 17.0 Å². The highest BCUT2D eigenvalue weighted by Crippen LogP contribution is 2.35. The predicted octanol–water partition coefficient (Wildman–Crippen LogP) is 5.52. The summed E-state index contributed by atoms with van der Waals surface area (Å²) in [5.41, 5.74) is 2.06. The zero-order valence-electron chi connectivity index (χ0n) is 20.2. The Labute approximate surface area is 207 Å². The molecule has 0 saturated carbocycles. The number of fused-ring (bicyclic) bond motifs is 1. The van der Waals surface area contributed by atoms with Crippen molar-refractivity contribution in [1.29, 1.82) is 0 Å². The van der Waals surface area contributed by atoms with Gasteiger partial charge in [-0.3, -0.25) is 4.90 Å². The number of alkyl halides is 3. The summed E-state index contributed by atoms with van der Waals surface area (Å²) in [5.74, 6) is 0.622. The molecular formula is C27H28F3N5O. The molecule has 0 aliphatic carbocycles. The quantitative estimate of drug-likeness (QED) is 0.382. The second kappa shape index (κ2) is 9.91. The van der Waals surface area contributed by atoms with Crippen LogP contribution in [0.25, 0.3) is 16.9 Å². The fourth-order valence-corrected chi connectivity index (χ4v) is 4.98. The lowest BCUT2D eigenvalue weighted by Crippen LogP contribution is -2.47. The average Bonchev–Trinajstić information content (AvgIpc) is 3.33. The van der Waals surface area contributed by atoms with E-state index in [1.807, 2.05) is 18.2 Å². The Morgan fingerprint density at radius 1 is 1.11 bits per heavy atom. The standard InChI is InChI=1S/C27H28F3N5O/c1-3-24(19-7-5-4-6-8-19)34-14-13-31-23(17-34)21-16-32-35-25(27(28,29)30)15-22(33-26(21)35)18-9-11-20(36-2)12-10-18/h4-12,15-16,23-24,31H,3,13-14,17H2,1-2H3. The normalized spacial score (nSPS) is 17.9. The molecule has 1 N–H and O–H groups in total. The molecule has 9 heteroatoms. The molecule has 36 heavy (non-hydrogen) atoms. The minimum absolute atomic E-state index is 0.200. The minimum atomic E-state index is -4.58. The van der Waals surface area contributed by atoms with E-state index in [1.54, 1.807) is 31.4 Å². The Bertz CT molecular complexity index is 1320. The van der Waals surface area contributed by atoms with Gasteiger partial charge < -0.3 is 10.1 Å². The number of nitrogens with zero attached hydrogens (tertiary/aromatic N) is 4. The topological polar surface area (TPSA) is 54.7 Å². The van der Waals surface area contributed by atoms with Crippen molar-refractivity contribution in [3.05, 3.63) is 83.7 Å². The maximum atomic E-state index is 14.1. The van der Waals surface area contributed by atoms with Gasteiger partial charge in [0, 0.05) is 36.8 Å². The highest BCUT2D eigenvalue weighted by molar-refractivity contribution is 5.65. The summed E-state index contributed by atoms with van der Waals surface area (Å²) in [7, 11) is 1.54. The van der Waals surface area contributed by atoms with Crippen molar-refractivity contribution in [2.75, 3.05) is 26.7 Å². The maximum Gasteiger partial charge on any atom is 0.433 e. The molecule has 5 rings (SSSR count). The van der Waals surface area contributed by atoms with E-state index in [4.69, 9.17) is 4.74 Å². The average molecular weight is 496 g/mol. The smallest absolute Gasteiger partial charge is 0.433 e. The van der Waals surface area contributed by atoms with Crippen LogP contribution in [0, 0.1) is 0 Å². The Balaban J connectivity index is 1.54. The lowest BCUT2D eigenvalue weighted by Gasteiger charge is -2.38. The van der Waals surface area contributed by atoms with Gasteiger partial charge >= 0.3 is 6.18 Å². The van der Waals surface area contributed by atoms with Gasteiger partial charge in [-0.05, 0) is 42.3 Å². The van der Waals surface area contributed by atoms with Crippen molar-refractivity contribution in [1.82, 2.24) is 24.8 Å². The molecule has 1 fully saturated rings. The molecule has 188 valence electrons. The van der Waals surface area contributed by atoms with Crippen LogP contribution in [0.2, 0.25) is 0 Å². The lowest BCUT2D eigenvalue weighted by atomic mass is 9.99. The fraction of sp³-hybridized carbons (Fsp3) is 0.333. The summed E-state index contributed by atoms with van der Waals surface area (Å²) >= 11 is 0. The molecule has 1 saturated heterocycles. The van der Waals surface area contributed by atoms with Gasteiger partial charge in [0.2, 0.25) is 0 Å². The van der Waals surface area contributed by atoms with Crippen LogP contribution in [0.15, 0.2) is 66.9 Å². The van der Waals surface area contributed by atoms with Crippen molar-refractivity contribution in [2.24, 2.45) is 0 Å². The Hall–Kier alpha value is -3.43. The van der Waals surface area contributed by atoms with E-state index in [0.717, 1.165) is 30.1 Å². The monoisotopic (exact) mass is 495 g/mol. The molecule has 2 aromatic carbocycles. The second-order valence-corrected chi connectivity index (χ2v) is 8.92. The van der Waals surface area contributed by atoms with Gasteiger partial charge in [-0.15, -0.1) is 0 Å². The van der Waals surface area contributed by atoms with E-state index in [0.29, 0.717) is 23.4 Å². The van der Waals surface area contributed by atoms with E-state index < -0.39 is 11.9 Å². The second-order valence-electron chi connectivity index (χ2n) is 8.92. The number of rotatable bonds is 6. The number of benzene rings is 2. The molecule has 0 spiro atoms. The third kappa shape index (κ3) is 4.68. The Morgan fingerprint density at radius 2 is 1.86 bits per heavy atom. The lowest BCUT2D eigenvalue weighted by molar-refractivity contribution is -0.142. The van der Waals surface area contributed by atoms with Crippen LogP contribution in [-0.2, 0) is 6.18 Å². The first-order valence-electron chi connectivity index (χ1n) is 12.0. The van der Waals surface area contributed by atoms with Gasteiger partial charge in [-0.25, -0.2) is 9.50 Å². The highest BCUT2D eigenvalue weighted by atomic mass is 19.4. The molecule has 1 aliphatic rings. The fourth-order valence-electron chi connectivity index (χ4n) is 4.98. The molecule has 0 bridgehead atoms. The van der Waals surface area contributed by atoms with Crippen LogP contribution in [0.5, 0.6) is 5.75 Å². The number of piperazine rings is 1. The number of methoxy groups -OCH3 is 1. The van der Waals surface area contributed by atoms with Gasteiger partial charge in [0.25, 0.3) is 0 Å². The number of aromatic nitrogens is 3. The van der Waals surface area contributed by atoms with E-state index in [1.165, 1.54) is 11.8 Å². The van der Waals surface area contributed by atoms with Gasteiger partial charge in [-0.2, -0.15) is 18.3 Å². The van der Waals surface area contributed by atoms with Crippen LogP contribution >= 0.6 is 0 Å². The van der Waals surface area contributed by atoms with E-state index in [-0.39, 0.29) is 23.4 Å². The largest absolute Gasteiger partial charge is 0.497 e. The summed E-state index contributed by atoms with van der Waals surface area (Å²) in [6.07, 6.45) is -2.14. The maximum absolute atomic E-state index is 14.1. The number of nitrogens with one attached hydrogen (secondary N) is 1. The van der Waals surface area contributed by atoms with Gasteiger partial charge in [0.15, 0.2) is 11.3 Å². The summed E-state index contributed by atoms with van der Waals surface area (Å²) in [6.45, 7) is 4.37. The Kier molecular flexibility index (Phi) is 6.68. The molecule has 4 aromatic rings. The predicted molar refractivity (Wildman–Crippen MR) is 132 cm³/mol. The minimum Gasteiger partial charge on any atom is -0.497 e. The molecule has 6 nitrogen and oxygen atoms in total. The molecule has 0 radical (unpaired) electrons. The van der Waals surface area contributed by atoms with Gasteiger partial charge in [-0.1, -0.05) is 37.3 Å². The van der Waals surface area contributed by atoms with Gasteiger partial charge in [0.1, 0.15) is 5.75 Å². The van der Waals surface area contributed by atoms with Crippen molar-refractivity contribution in [3.63, 3.8) is 0 Å². The number of ether oxygens (including phenoxy) is 1. The summed E-state index contributed by atoms with van der Waals surface area (Å²) in [5, 5.41) is 7.60.